The van der Waals surface area contributed by atoms with Crippen molar-refractivity contribution in [3.63, 3.8) is 0 Å². The lowest BCUT2D eigenvalue weighted by Crippen LogP contribution is -2.62. The summed E-state index contributed by atoms with van der Waals surface area (Å²) in [6.07, 6.45) is 3.89. The van der Waals surface area contributed by atoms with Crippen LogP contribution in [0.1, 0.15) is 38.7 Å². The van der Waals surface area contributed by atoms with Crippen LogP contribution in [0.4, 0.5) is 0 Å². The molecule has 1 saturated carbocycles. The number of nitrogens with one attached hydrogen (secondary N) is 1. The Morgan fingerprint density at radius 2 is 1.89 bits per heavy atom. The summed E-state index contributed by atoms with van der Waals surface area (Å²) in [5.41, 5.74) is 1.57. The maximum absolute atomic E-state index is 6.18. The molecule has 0 saturated heterocycles. The van der Waals surface area contributed by atoms with E-state index in [9.17, 15) is 0 Å². The van der Waals surface area contributed by atoms with Crippen molar-refractivity contribution in [2.75, 3.05) is 7.05 Å². The Labute approximate surface area is 125 Å². The molecule has 1 N–H and O–H groups in total. The highest BCUT2D eigenvalue weighted by Gasteiger charge is 2.52. The van der Waals surface area contributed by atoms with Gasteiger partial charge in [0.1, 0.15) is 0 Å². The third-order valence-corrected chi connectivity index (χ3v) is 5.34. The summed E-state index contributed by atoms with van der Waals surface area (Å²) in [4.78, 5) is 0. The van der Waals surface area contributed by atoms with Crippen LogP contribution in [0.3, 0.4) is 0 Å². The van der Waals surface area contributed by atoms with Gasteiger partial charge in [-0.3, -0.25) is 0 Å². The number of benzene rings is 1. The molecule has 0 amide bonds. The second kappa shape index (κ2) is 6.38. The monoisotopic (exact) mass is 325 g/mol. The molecular formula is C16H24BrNO. The molecule has 0 aliphatic heterocycles. The van der Waals surface area contributed by atoms with Gasteiger partial charge in [0.15, 0.2) is 0 Å². The molecule has 106 valence electrons. The fourth-order valence-corrected chi connectivity index (χ4v) is 3.63. The molecule has 1 aliphatic rings. The maximum atomic E-state index is 6.18. The molecule has 1 aromatic carbocycles. The highest BCUT2D eigenvalue weighted by Crippen LogP contribution is 2.48. The van der Waals surface area contributed by atoms with E-state index < -0.39 is 0 Å². The smallest absolute Gasteiger partial charge is 0.0720 e. The quantitative estimate of drug-likeness (QED) is 0.849. The Hall–Kier alpha value is -0.380. The molecule has 2 unspecified atom stereocenters. The first-order valence-electron chi connectivity index (χ1n) is 7.19. The van der Waals surface area contributed by atoms with E-state index in [2.05, 4.69) is 66.4 Å². The second-order valence-corrected chi connectivity index (χ2v) is 6.36. The summed E-state index contributed by atoms with van der Waals surface area (Å²) in [5.74, 6) is 0. The van der Waals surface area contributed by atoms with Gasteiger partial charge in [0.2, 0.25) is 0 Å². The van der Waals surface area contributed by atoms with Gasteiger partial charge in [-0.1, -0.05) is 41.9 Å². The van der Waals surface area contributed by atoms with Crippen molar-refractivity contribution in [3.05, 3.63) is 34.3 Å². The van der Waals surface area contributed by atoms with Crippen molar-refractivity contribution in [3.8, 4) is 0 Å². The summed E-state index contributed by atoms with van der Waals surface area (Å²) >= 11 is 3.46. The number of ether oxygens (including phenoxy) is 1. The molecule has 19 heavy (non-hydrogen) atoms. The summed E-state index contributed by atoms with van der Waals surface area (Å²) in [6.45, 7) is 5.28. The van der Waals surface area contributed by atoms with Crippen LogP contribution in [0, 0.1) is 5.41 Å². The Balaban J connectivity index is 1.94. The van der Waals surface area contributed by atoms with Crippen LogP contribution >= 0.6 is 15.9 Å². The van der Waals surface area contributed by atoms with Crippen LogP contribution in [0.15, 0.2) is 28.7 Å². The van der Waals surface area contributed by atoms with E-state index >= 15 is 0 Å². The molecule has 0 heterocycles. The van der Waals surface area contributed by atoms with Crippen LogP contribution in [0.5, 0.6) is 0 Å². The lowest BCUT2D eigenvalue weighted by Gasteiger charge is -2.55. The summed E-state index contributed by atoms with van der Waals surface area (Å²) in [6, 6.07) is 9.00. The minimum atomic E-state index is 0.324. The van der Waals surface area contributed by atoms with Crippen LogP contribution < -0.4 is 5.32 Å². The summed E-state index contributed by atoms with van der Waals surface area (Å²) < 4.78 is 7.30. The van der Waals surface area contributed by atoms with Gasteiger partial charge in [-0.15, -0.1) is 0 Å². The SMILES string of the molecule is CCC1(CC)C(NC)CC1OCc1ccc(Br)cc1. The van der Waals surface area contributed by atoms with Gasteiger partial charge in [-0.25, -0.2) is 0 Å². The van der Waals surface area contributed by atoms with Gasteiger partial charge < -0.3 is 10.1 Å². The summed E-state index contributed by atoms with van der Waals surface area (Å²) in [5, 5.41) is 3.44. The fourth-order valence-electron chi connectivity index (χ4n) is 3.36. The van der Waals surface area contributed by atoms with E-state index in [4.69, 9.17) is 4.74 Å². The average molecular weight is 326 g/mol. The molecule has 2 atom stereocenters. The molecular weight excluding hydrogens is 302 g/mol. The molecule has 2 rings (SSSR count). The molecule has 0 bridgehead atoms. The maximum Gasteiger partial charge on any atom is 0.0720 e. The molecule has 1 aliphatic carbocycles. The zero-order valence-corrected chi connectivity index (χ0v) is 13.7. The Morgan fingerprint density at radius 3 is 2.42 bits per heavy atom. The lowest BCUT2D eigenvalue weighted by molar-refractivity contribution is -0.145. The van der Waals surface area contributed by atoms with Gasteiger partial charge in [0, 0.05) is 15.9 Å². The molecule has 1 aromatic rings. The van der Waals surface area contributed by atoms with Crippen molar-refractivity contribution < 1.29 is 4.74 Å². The van der Waals surface area contributed by atoms with E-state index in [-0.39, 0.29) is 0 Å². The van der Waals surface area contributed by atoms with Crippen molar-refractivity contribution in [1.29, 1.82) is 0 Å². The zero-order valence-electron chi connectivity index (χ0n) is 12.1. The van der Waals surface area contributed by atoms with Gasteiger partial charge in [-0.2, -0.15) is 0 Å². The average Bonchev–Trinajstić information content (AvgIpc) is 2.41. The van der Waals surface area contributed by atoms with Gasteiger partial charge in [-0.05, 0) is 44.0 Å². The molecule has 0 spiro atoms. The highest BCUT2D eigenvalue weighted by molar-refractivity contribution is 9.10. The normalized spacial score (nSPS) is 25.1. The predicted molar refractivity (Wildman–Crippen MR) is 83.2 cm³/mol. The third kappa shape index (κ3) is 2.88. The largest absolute Gasteiger partial charge is 0.373 e. The van der Waals surface area contributed by atoms with Crippen LogP contribution in [-0.4, -0.2) is 19.2 Å². The Kier molecular flexibility index (Phi) is 5.04. The Bertz CT molecular complexity index is 400. The van der Waals surface area contributed by atoms with Gasteiger partial charge in [0.05, 0.1) is 12.7 Å². The minimum absolute atomic E-state index is 0.324. The van der Waals surface area contributed by atoms with Crippen molar-refractivity contribution in [2.45, 2.75) is 51.9 Å². The first-order chi connectivity index (χ1) is 9.16. The molecule has 2 nitrogen and oxygen atoms in total. The first kappa shape index (κ1) is 15.0. The van der Waals surface area contributed by atoms with Crippen molar-refractivity contribution in [1.82, 2.24) is 5.32 Å². The van der Waals surface area contributed by atoms with Gasteiger partial charge in [0.25, 0.3) is 0 Å². The second-order valence-electron chi connectivity index (χ2n) is 5.44. The van der Waals surface area contributed by atoms with Gasteiger partial charge >= 0.3 is 0 Å². The molecule has 0 aromatic heterocycles. The van der Waals surface area contributed by atoms with Crippen LogP contribution in [-0.2, 0) is 11.3 Å². The van der Waals surface area contributed by atoms with E-state index in [0.29, 0.717) is 17.6 Å². The topological polar surface area (TPSA) is 21.3 Å². The number of rotatable bonds is 6. The number of halogens is 1. The van der Waals surface area contributed by atoms with E-state index in [1.54, 1.807) is 0 Å². The zero-order chi connectivity index (χ0) is 13.9. The molecule has 3 heteroatoms. The molecule has 1 fully saturated rings. The van der Waals surface area contributed by atoms with Crippen LogP contribution in [0.2, 0.25) is 0 Å². The summed E-state index contributed by atoms with van der Waals surface area (Å²) in [7, 11) is 2.07. The van der Waals surface area contributed by atoms with E-state index in [0.717, 1.165) is 17.5 Å². The number of hydrogen-bond donors (Lipinski definition) is 1. The minimum Gasteiger partial charge on any atom is -0.373 e. The lowest BCUT2D eigenvalue weighted by atomic mass is 9.58. The van der Waals surface area contributed by atoms with Crippen molar-refractivity contribution >= 4 is 15.9 Å². The first-order valence-corrected chi connectivity index (χ1v) is 7.99. The fraction of sp³-hybridized carbons (Fsp3) is 0.625. The Morgan fingerprint density at radius 1 is 1.26 bits per heavy atom. The molecule has 0 radical (unpaired) electrons. The van der Waals surface area contributed by atoms with E-state index in [1.807, 2.05) is 0 Å². The number of hydrogen-bond acceptors (Lipinski definition) is 2. The highest BCUT2D eigenvalue weighted by atomic mass is 79.9. The van der Waals surface area contributed by atoms with Crippen LogP contribution in [0.25, 0.3) is 0 Å². The predicted octanol–water partition coefficient (Wildman–Crippen LogP) is 4.13. The van der Waals surface area contributed by atoms with Crippen molar-refractivity contribution in [2.24, 2.45) is 5.41 Å². The third-order valence-electron chi connectivity index (χ3n) is 4.81. The van der Waals surface area contributed by atoms with E-state index in [1.165, 1.54) is 18.4 Å². The standard InChI is InChI=1S/C16H24BrNO/c1-4-16(5-2)14(18-3)10-15(16)19-11-12-6-8-13(17)9-7-12/h6-9,14-15,18H,4-5,10-11H2,1-3H3.